The van der Waals surface area contributed by atoms with Crippen LogP contribution in [0.4, 0.5) is 4.39 Å². The minimum Gasteiger partial charge on any atom is -0.324 e. The first-order valence-corrected chi connectivity index (χ1v) is 6.43. The molecule has 20 heavy (non-hydrogen) atoms. The van der Waals surface area contributed by atoms with Crippen LogP contribution in [0.2, 0.25) is 0 Å². The summed E-state index contributed by atoms with van der Waals surface area (Å²) in [6, 6.07) is 12.1. The fourth-order valence-corrected chi connectivity index (χ4v) is 2.20. The fourth-order valence-electron chi connectivity index (χ4n) is 2.20. The maximum absolute atomic E-state index is 12.9. The van der Waals surface area contributed by atoms with Crippen LogP contribution in [0, 0.1) is 5.82 Å². The Balaban J connectivity index is 1.84. The summed E-state index contributed by atoms with van der Waals surface area (Å²) in [5, 5.41) is 0. The van der Waals surface area contributed by atoms with Crippen molar-refractivity contribution in [2.75, 3.05) is 0 Å². The van der Waals surface area contributed by atoms with Crippen molar-refractivity contribution in [2.45, 2.75) is 12.5 Å². The van der Waals surface area contributed by atoms with Gasteiger partial charge in [0, 0.05) is 18.4 Å². The molecule has 0 bridgehead atoms. The first-order chi connectivity index (χ1) is 9.72. The van der Waals surface area contributed by atoms with E-state index < -0.39 is 0 Å². The van der Waals surface area contributed by atoms with Gasteiger partial charge in [0.2, 0.25) is 0 Å². The lowest BCUT2D eigenvalue weighted by Gasteiger charge is -2.12. The Morgan fingerprint density at radius 2 is 1.65 bits per heavy atom. The molecule has 3 rings (SSSR count). The Hall–Kier alpha value is -2.33. The molecule has 0 fully saturated rings. The molecule has 1 aromatic heterocycles. The Kier molecular flexibility index (Phi) is 3.39. The molecule has 3 nitrogen and oxygen atoms in total. The number of rotatable bonds is 3. The Labute approximate surface area is 116 Å². The van der Waals surface area contributed by atoms with Crippen LogP contribution in [-0.4, -0.2) is 9.97 Å². The van der Waals surface area contributed by atoms with E-state index >= 15 is 0 Å². The number of hydrogen-bond acceptors (Lipinski definition) is 3. The van der Waals surface area contributed by atoms with Gasteiger partial charge >= 0.3 is 0 Å². The molecule has 0 aliphatic heterocycles. The van der Waals surface area contributed by atoms with Crippen LogP contribution < -0.4 is 5.73 Å². The Bertz CT molecular complexity index is 725. The van der Waals surface area contributed by atoms with Gasteiger partial charge in [-0.1, -0.05) is 18.2 Å². The van der Waals surface area contributed by atoms with Crippen molar-refractivity contribution in [1.29, 1.82) is 0 Å². The van der Waals surface area contributed by atoms with Crippen LogP contribution in [0.3, 0.4) is 0 Å². The van der Waals surface area contributed by atoms with Crippen molar-refractivity contribution in [3.8, 4) is 0 Å². The summed E-state index contributed by atoms with van der Waals surface area (Å²) in [5.74, 6) is -0.233. The Morgan fingerprint density at radius 3 is 2.40 bits per heavy atom. The van der Waals surface area contributed by atoms with Crippen LogP contribution in [0.25, 0.3) is 11.0 Å². The van der Waals surface area contributed by atoms with E-state index in [-0.39, 0.29) is 11.9 Å². The monoisotopic (exact) mass is 267 g/mol. The van der Waals surface area contributed by atoms with Gasteiger partial charge < -0.3 is 5.73 Å². The smallest absolute Gasteiger partial charge is 0.123 e. The van der Waals surface area contributed by atoms with E-state index in [9.17, 15) is 4.39 Å². The molecule has 0 spiro atoms. The molecule has 1 atom stereocenters. The number of benzene rings is 2. The summed E-state index contributed by atoms with van der Waals surface area (Å²) in [6.07, 6.45) is 3.99. The maximum atomic E-state index is 12.9. The van der Waals surface area contributed by atoms with Gasteiger partial charge in [-0.25, -0.2) is 4.39 Å². The molecule has 100 valence electrons. The molecule has 0 radical (unpaired) electrons. The van der Waals surface area contributed by atoms with Gasteiger partial charge in [0.15, 0.2) is 0 Å². The largest absolute Gasteiger partial charge is 0.324 e. The van der Waals surface area contributed by atoms with Crippen molar-refractivity contribution in [1.82, 2.24) is 9.97 Å². The molecule has 4 heteroatoms. The van der Waals surface area contributed by atoms with Gasteiger partial charge in [-0.2, -0.15) is 0 Å². The molecule has 0 saturated carbocycles. The third-order valence-corrected chi connectivity index (χ3v) is 3.29. The molecule has 0 aliphatic rings. The fraction of sp³-hybridized carbons (Fsp3) is 0.125. The van der Waals surface area contributed by atoms with Gasteiger partial charge in [-0.15, -0.1) is 0 Å². The number of fused-ring (bicyclic) bond motifs is 1. The highest BCUT2D eigenvalue weighted by molar-refractivity contribution is 5.74. The van der Waals surface area contributed by atoms with Crippen LogP contribution >= 0.6 is 0 Å². The van der Waals surface area contributed by atoms with E-state index in [1.807, 2.05) is 18.2 Å². The summed E-state index contributed by atoms with van der Waals surface area (Å²) in [4.78, 5) is 8.51. The van der Waals surface area contributed by atoms with E-state index in [0.29, 0.717) is 6.42 Å². The zero-order chi connectivity index (χ0) is 13.9. The molecule has 0 aliphatic carbocycles. The number of nitrogens with zero attached hydrogens (tertiary/aromatic N) is 2. The van der Waals surface area contributed by atoms with Crippen molar-refractivity contribution < 1.29 is 4.39 Å². The molecule has 1 heterocycles. The third kappa shape index (κ3) is 2.65. The molecule has 2 aromatic carbocycles. The van der Waals surface area contributed by atoms with E-state index in [2.05, 4.69) is 9.97 Å². The van der Waals surface area contributed by atoms with E-state index in [1.54, 1.807) is 24.5 Å². The SMILES string of the molecule is NC(Cc1ccc(F)cc1)c1ccc2nccnc2c1. The minimum atomic E-state index is -0.233. The number of nitrogens with two attached hydrogens (primary N) is 1. The summed E-state index contributed by atoms with van der Waals surface area (Å²) >= 11 is 0. The maximum Gasteiger partial charge on any atom is 0.123 e. The lowest BCUT2D eigenvalue weighted by molar-refractivity contribution is 0.625. The summed E-state index contributed by atoms with van der Waals surface area (Å²) in [6.45, 7) is 0. The molecule has 3 aromatic rings. The highest BCUT2D eigenvalue weighted by atomic mass is 19.1. The minimum absolute atomic E-state index is 0.146. The zero-order valence-electron chi connectivity index (χ0n) is 10.8. The average Bonchev–Trinajstić information content (AvgIpc) is 2.49. The Morgan fingerprint density at radius 1 is 0.950 bits per heavy atom. The number of hydrogen-bond donors (Lipinski definition) is 1. The standard InChI is InChI=1S/C16H14FN3/c17-13-4-1-11(2-5-13)9-14(18)12-3-6-15-16(10-12)20-8-7-19-15/h1-8,10,14H,9,18H2. The molecule has 0 amide bonds. The van der Waals surface area contributed by atoms with Crippen molar-refractivity contribution >= 4 is 11.0 Å². The first kappa shape index (κ1) is 12.7. The van der Waals surface area contributed by atoms with Crippen molar-refractivity contribution in [3.63, 3.8) is 0 Å². The quantitative estimate of drug-likeness (QED) is 0.793. The second kappa shape index (κ2) is 5.35. The van der Waals surface area contributed by atoms with Gasteiger partial charge in [0.1, 0.15) is 5.82 Å². The number of aromatic nitrogens is 2. The lowest BCUT2D eigenvalue weighted by atomic mass is 9.99. The van der Waals surface area contributed by atoms with Crippen LogP contribution in [0.5, 0.6) is 0 Å². The van der Waals surface area contributed by atoms with Gasteiger partial charge in [0.05, 0.1) is 11.0 Å². The second-order valence-corrected chi connectivity index (χ2v) is 4.74. The first-order valence-electron chi connectivity index (χ1n) is 6.43. The highest BCUT2D eigenvalue weighted by Crippen LogP contribution is 2.19. The summed E-state index contributed by atoms with van der Waals surface area (Å²) in [7, 11) is 0. The van der Waals surface area contributed by atoms with Crippen LogP contribution in [-0.2, 0) is 6.42 Å². The lowest BCUT2D eigenvalue weighted by Crippen LogP contribution is -2.13. The van der Waals surface area contributed by atoms with E-state index in [4.69, 9.17) is 5.73 Å². The molecular weight excluding hydrogens is 253 g/mol. The molecule has 1 unspecified atom stereocenters. The van der Waals surface area contributed by atoms with Crippen molar-refractivity contribution in [2.24, 2.45) is 5.73 Å². The topological polar surface area (TPSA) is 51.8 Å². The highest BCUT2D eigenvalue weighted by Gasteiger charge is 2.08. The predicted molar refractivity (Wildman–Crippen MR) is 76.6 cm³/mol. The van der Waals surface area contributed by atoms with Crippen molar-refractivity contribution in [3.05, 3.63) is 71.8 Å². The number of halogens is 1. The van der Waals surface area contributed by atoms with Gasteiger partial charge in [-0.3, -0.25) is 9.97 Å². The molecular formula is C16H14FN3. The van der Waals surface area contributed by atoms with E-state index in [0.717, 1.165) is 22.2 Å². The normalized spacial score (nSPS) is 12.5. The van der Waals surface area contributed by atoms with E-state index in [1.165, 1.54) is 12.1 Å². The zero-order valence-corrected chi connectivity index (χ0v) is 10.8. The van der Waals surface area contributed by atoms with Crippen LogP contribution in [0.15, 0.2) is 54.9 Å². The molecule has 0 saturated heterocycles. The molecule has 2 N–H and O–H groups in total. The second-order valence-electron chi connectivity index (χ2n) is 4.74. The van der Waals surface area contributed by atoms with Crippen LogP contribution in [0.1, 0.15) is 17.2 Å². The summed E-state index contributed by atoms with van der Waals surface area (Å²) < 4.78 is 12.9. The van der Waals surface area contributed by atoms with Gasteiger partial charge in [-0.05, 0) is 41.8 Å². The average molecular weight is 267 g/mol. The predicted octanol–water partition coefficient (Wildman–Crippen LogP) is 3.01. The van der Waals surface area contributed by atoms with Gasteiger partial charge in [0.25, 0.3) is 0 Å². The third-order valence-electron chi connectivity index (χ3n) is 3.29. The summed E-state index contributed by atoms with van der Waals surface area (Å²) in [5.41, 5.74) is 9.91.